The fraction of sp³-hybridized carbons (Fsp3) is 0.0667. The number of hydrogen-bond donors (Lipinski definition) is 2. The van der Waals surface area contributed by atoms with Crippen molar-refractivity contribution in [3.05, 3.63) is 53.6 Å². The molecular formula is C15H12N2O2. The molecule has 2 aromatic carbocycles. The molecule has 0 amide bonds. The second kappa shape index (κ2) is 7.51. The minimum Gasteiger partial charge on any atom is -0.222 e. The summed E-state index contributed by atoms with van der Waals surface area (Å²) < 4.78 is 0. The molecule has 0 spiro atoms. The molecule has 4 heteroatoms. The summed E-state index contributed by atoms with van der Waals surface area (Å²) in [5, 5.41) is 13.6. The topological polar surface area (TPSA) is 81.8 Å². The van der Waals surface area contributed by atoms with E-state index in [-0.39, 0.29) is 0 Å². The van der Waals surface area contributed by atoms with Gasteiger partial charge in [0.2, 0.25) is 12.2 Å². The molecule has 1 aliphatic rings. The average Bonchev–Trinajstić information content (AvgIpc) is 2.42. The van der Waals surface area contributed by atoms with Crippen molar-refractivity contribution in [2.45, 2.75) is 6.42 Å². The van der Waals surface area contributed by atoms with Gasteiger partial charge in [-0.25, -0.2) is 20.4 Å². The molecule has 0 atom stereocenters. The second-order valence-electron chi connectivity index (χ2n) is 3.67. The van der Waals surface area contributed by atoms with Crippen LogP contribution >= 0.6 is 0 Å². The van der Waals surface area contributed by atoms with Crippen LogP contribution in [-0.2, 0) is 16.0 Å². The van der Waals surface area contributed by atoms with E-state index < -0.39 is 0 Å². The number of carbonyl (C=O) groups excluding carboxylic acids is 2. The Morgan fingerprint density at radius 2 is 1.53 bits per heavy atom. The molecule has 2 aromatic rings. The molecule has 0 saturated carbocycles. The lowest BCUT2D eigenvalue weighted by Gasteiger charge is -2.11. The molecule has 0 aromatic heterocycles. The van der Waals surface area contributed by atoms with Gasteiger partial charge in [0.15, 0.2) is 0 Å². The maximum atomic E-state index is 8.35. The van der Waals surface area contributed by atoms with Gasteiger partial charge in [0.05, 0.1) is 0 Å². The SMILES string of the molecule is C1=Cc2cccc3cccc(c23)C1.N=C=O.N=C=O. The molecule has 3 rings (SSSR count). The van der Waals surface area contributed by atoms with Crippen molar-refractivity contribution in [3.63, 3.8) is 0 Å². The molecule has 19 heavy (non-hydrogen) atoms. The Kier molecular flexibility index (Phi) is 5.64. The quantitative estimate of drug-likeness (QED) is 0.557. The number of benzene rings is 2. The number of isocyanates is 2. The van der Waals surface area contributed by atoms with Gasteiger partial charge < -0.3 is 0 Å². The Balaban J connectivity index is 0.000000261. The second-order valence-corrected chi connectivity index (χ2v) is 3.67. The molecule has 0 fully saturated rings. The van der Waals surface area contributed by atoms with E-state index in [0.29, 0.717) is 0 Å². The van der Waals surface area contributed by atoms with Crippen LogP contribution in [0.25, 0.3) is 16.8 Å². The highest BCUT2D eigenvalue weighted by Crippen LogP contribution is 2.27. The first kappa shape index (κ1) is 14.3. The van der Waals surface area contributed by atoms with Crippen LogP contribution < -0.4 is 0 Å². The van der Waals surface area contributed by atoms with Crippen molar-refractivity contribution in [3.8, 4) is 0 Å². The zero-order chi connectivity index (χ0) is 14.1. The molecule has 94 valence electrons. The number of allylic oxidation sites excluding steroid dienone is 1. The highest BCUT2D eigenvalue weighted by molar-refractivity contribution is 5.94. The Labute approximate surface area is 110 Å². The Bertz CT molecular complexity index is 646. The molecule has 0 saturated heterocycles. The number of hydrogen-bond acceptors (Lipinski definition) is 4. The van der Waals surface area contributed by atoms with E-state index in [2.05, 4.69) is 48.6 Å². The van der Waals surface area contributed by atoms with Crippen LogP contribution in [0.4, 0.5) is 0 Å². The van der Waals surface area contributed by atoms with Crippen LogP contribution in [0.5, 0.6) is 0 Å². The van der Waals surface area contributed by atoms with Gasteiger partial charge in [-0.2, -0.15) is 0 Å². The molecule has 0 bridgehead atoms. The molecule has 1 aliphatic carbocycles. The first-order valence-corrected chi connectivity index (χ1v) is 5.53. The van der Waals surface area contributed by atoms with Gasteiger partial charge in [0.25, 0.3) is 0 Å². The third kappa shape index (κ3) is 3.58. The van der Waals surface area contributed by atoms with Crippen molar-refractivity contribution in [1.29, 1.82) is 10.8 Å². The van der Waals surface area contributed by atoms with Crippen molar-refractivity contribution in [1.82, 2.24) is 0 Å². The molecular weight excluding hydrogens is 240 g/mol. The van der Waals surface area contributed by atoms with Gasteiger partial charge in [-0.1, -0.05) is 48.6 Å². The fourth-order valence-corrected chi connectivity index (χ4v) is 2.07. The summed E-state index contributed by atoms with van der Waals surface area (Å²) >= 11 is 0. The van der Waals surface area contributed by atoms with Crippen LogP contribution in [0, 0.1) is 10.8 Å². The summed E-state index contributed by atoms with van der Waals surface area (Å²) in [7, 11) is 0. The highest BCUT2D eigenvalue weighted by atomic mass is 16.1. The van der Waals surface area contributed by atoms with Crippen molar-refractivity contribution < 1.29 is 9.59 Å². The van der Waals surface area contributed by atoms with Crippen molar-refractivity contribution >= 4 is 29.0 Å². The maximum absolute atomic E-state index is 8.35. The summed E-state index contributed by atoms with van der Waals surface area (Å²) in [6.07, 6.45) is 7.03. The molecule has 0 radical (unpaired) electrons. The molecule has 0 aliphatic heterocycles. The fourth-order valence-electron chi connectivity index (χ4n) is 2.07. The highest BCUT2D eigenvalue weighted by Gasteiger charge is 2.06. The molecule has 0 unspecified atom stereocenters. The predicted octanol–water partition coefficient (Wildman–Crippen LogP) is 3.21. The van der Waals surface area contributed by atoms with E-state index in [0.717, 1.165) is 18.6 Å². The summed E-state index contributed by atoms with van der Waals surface area (Å²) in [5.74, 6) is 0. The number of rotatable bonds is 0. The third-order valence-corrected chi connectivity index (χ3v) is 2.66. The van der Waals surface area contributed by atoms with Gasteiger partial charge in [-0.15, -0.1) is 0 Å². The van der Waals surface area contributed by atoms with Crippen LogP contribution in [0.2, 0.25) is 0 Å². The van der Waals surface area contributed by atoms with E-state index in [4.69, 9.17) is 20.4 Å². The van der Waals surface area contributed by atoms with E-state index in [9.17, 15) is 0 Å². The van der Waals surface area contributed by atoms with Gasteiger partial charge in [0, 0.05) is 0 Å². The Morgan fingerprint density at radius 1 is 0.947 bits per heavy atom. The first-order valence-electron chi connectivity index (χ1n) is 5.53. The zero-order valence-electron chi connectivity index (χ0n) is 10.1. The van der Waals surface area contributed by atoms with E-state index in [1.807, 2.05) is 0 Å². The van der Waals surface area contributed by atoms with Gasteiger partial charge in [-0.3, -0.25) is 0 Å². The van der Waals surface area contributed by atoms with Gasteiger partial charge in [-0.05, 0) is 28.3 Å². The van der Waals surface area contributed by atoms with E-state index >= 15 is 0 Å². The molecule has 2 N–H and O–H groups in total. The summed E-state index contributed by atoms with van der Waals surface area (Å²) in [5.41, 5.74) is 2.81. The van der Waals surface area contributed by atoms with Crippen molar-refractivity contribution in [2.75, 3.05) is 0 Å². The smallest absolute Gasteiger partial charge is 0.222 e. The molecule has 4 nitrogen and oxygen atoms in total. The normalized spacial score (nSPS) is 10.1. The van der Waals surface area contributed by atoms with Gasteiger partial charge >= 0.3 is 0 Å². The summed E-state index contributed by atoms with van der Waals surface area (Å²) in [6, 6.07) is 13.0. The van der Waals surface area contributed by atoms with E-state index in [1.54, 1.807) is 0 Å². The zero-order valence-corrected chi connectivity index (χ0v) is 10.1. The average molecular weight is 252 g/mol. The Hall–Kier alpha value is -2.80. The predicted molar refractivity (Wildman–Crippen MR) is 73.5 cm³/mol. The van der Waals surface area contributed by atoms with E-state index in [1.165, 1.54) is 21.9 Å². The minimum atomic E-state index is 0.750. The van der Waals surface area contributed by atoms with Crippen LogP contribution in [0.3, 0.4) is 0 Å². The van der Waals surface area contributed by atoms with Crippen LogP contribution in [0.1, 0.15) is 11.1 Å². The van der Waals surface area contributed by atoms with Crippen molar-refractivity contribution in [2.24, 2.45) is 0 Å². The van der Waals surface area contributed by atoms with Crippen LogP contribution in [-0.4, -0.2) is 12.2 Å². The third-order valence-electron chi connectivity index (χ3n) is 2.66. The maximum Gasteiger partial charge on any atom is 0.231 e. The summed E-state index contributed by atoms with van der Waals surface area (Å²) in [4.78, 5) is 16.7. The Morgan fingerprint density at radius 3 is 2.16 bits per heavy atom. The number of nitrogens with one attached hydrogen (secondary N) is 2. The van der Waals surface area contributed by atoms with Crippen LogP contribution in [0.15, 0.2) is 42.5 Å². The summed E-state index contributed by atoms with van der Waals surface area (Å²) in [6.45, 7) is 0. The lowest BCUT2D eigenvalue weighted by atomic mass is 9.93. The standard InChI is InChI=1S/C13H10.2CHNO/c1-4-10-6-2-8-12-9-3-7-11(5-1)13(10)12;2*2-1-3/h1-8H,9H2;2*2H. The largest absolute Gasteiger partial charge is 0.231 e. The van der Waals surface area contributed by atoms with Gasteiger partial charge in [0.1, 0.15) is 0 Å². The molecule has 0 heterocycles. The lowest BCUT2D eigenvalue weighted by Crippen LogP contribution is -1.91. The lowest BCUT2D eigenvalue weighted by molar-refractivity contribution is 0.562. The first-order chi connectivity index (χ1) is 9.28. The monoisotopic (exact) mass is 252 g/mol. The minimum absolute atomic E-state index is 0.750.